The molecule has 0 N–H and O–H groups in total. The van der Waals surface area contributed by atoms with E-state index in [4.69, 9.17) is 16.3 Å². The van der Waals surface area contributed by atoms with Crippen molar-refractivity contribution in [1.29, 1.82) is 0 Å². The highest BCUT2D eigenvalue weighted by Gasteiger charge is 2.30. The first-order valence-corrected chi connectivity index (χ1v) is 8.94. The Morgan fingerprint density at radius 2 is 2.00 bits per heavy atom. The first kappa shape index (κ1) is 16.6. The predicted molar refractivity (Wildman–Crippen MR) is 86.6 cm³/mol. The highest BCUT2D eigenvalue weighted by molar-refractivity contribution is 7.92. The average Bonchev–Trinajstić information content (AvgIpc) is 2.98. The highest BCUT2D eigenvalue weighted by atomic mass is 35.5. The van der Waals surface area contributed by atoms with Crippen molar-refractivity contribution in [1.82, 2.24) is 0 Å². The van der Waals surface area contributed by atoms with Crippen LogP contribution in [-0.2, 0) is 21.2 Å². The first-order valence-electron chi connectivity index (χ1n) is 7.12. The number of fused-ring (bicyclic) bond motifs is 1. The molecular weight excluding hydrogens is 354 g/mol. The van der Waals surface area contributed by atoms with Gasteiger partial charge in [-0.1, -0.05) is 29.8 Å². The minimum Gasteiger partial charge on any atom is -0.546 e. The minimum atomic E-state index is -3.76. The quantitative estimate of drug-likeness (QED) is 0.794. The lowest BCUT2D eigenvalue weighted by atomic mass is 10.2. The third kappa shape index (κ3) is 3.05. The summed E-state index contributed by atoms with van der Waals surface area (Å²) in [4.78, 5) is 10.4. The second-order valence-electron chi connectivity index (χ2n) is 5.21. The Labute approximate surface area is 144 Å². The monoisotopic (exact) mass is 366 g/mol. The number of hydrogen-bond donors (Lipinski definition) is 0. The first-order chi connectivity index (χ1) is 11.4. The maximum absolute atomic E-state index is 12.8. The van der Waals surface area contributed by atoms with E-state index in [1.165, 1.54) is 22.5 Å². The van der Waals surface area contributed by atoms with Crippen LogP contribution in [0.2, 0.25) is 5.02 Å². The molecule has 3 rings (SSSR count). The Morgan fingerprint density at radius 1 is 1.25 bits per heavy atom. The van der Waals surface area contributed by atoms with Crippen LogP contribution in [0.3, 0.4) is 0 Å². The van der Waals surface area contributed by atoms with Gasteiger partial charge in [0.15, 0.2) is 0 Å². The molecule has 0 spiro atoms. The van der Waals surface area contributed by atoms with Crippen molar-refractivity contribution in [2.75, 3.05) is 17.5 Å². The van der Waals surface area contributed by atoms with Gasteiger partial charge in [0.05, 0.1) is 21.6 Å². The molecule has 0 amide bonds. The fourth-order valence-corrected chi connectivity index (χ4v) is 4.41. The number of anilines is 1. The summed E-state index contributed by atoms with van der Waals surface area (Å²) in [5.41, 5.74) is 1.63. The van der Waals surface area contributed by atoms with E-state index < -0.39 is 22.6 Å². The van der Waals surface area contributed by atoms with Crippen LogP contribution in [0.5, 0.6) is 5.75 Å². The maximum atomic E-state index is 12.8. The minimum absolute atomic E-state index is 0.0183. The molecule has 24 heavy (non-hydrogen) atoms. The lowest BCUT2D eigenvalue weighted by Gasteiger charge is -2.20. The summed E-state index contributed by atoms with van der Waals surface area (Å²) < 4.78 is 32.0. The Morgan fingerprint density at radius 3 is 2.71 bits per heavy atom. The number of carboxylic acid groups (broad SMARTS) is 1. The van der Waals surface area contributed by atoms with E-state index >= 15 is 0 Å². The third-order valence-electron chi connectivity index (χ3n) is 3.68. The molecule has 1 aliphatic heterocycles. The molecule has 0 saturated heterocycles. The molecule has 0 fully saturated rings. The van der Waals surface area contributed by atoms with Crippen molar-refractivity contribution in [2.24, 2.45) is 0 Å². The van der Waals surface area contributed by atoms with Gasteiger partial charge in [-0.15, -0.1) is 0 Å². The van der Waals surface area contributed by atoms with Gasteiger partial charge in [-0.2, -0.15) is 0 Å². The largest absolute Gasteiger partial charge is 0.546 e. The fraction of sp³-hybridized carbons (Fsp3) is 0.188. The third-order valence-corrected chi connectivity index (χ3v) is 5.79. The smallest absolute Gasteiger partial charge is 0.264 e. The maximum Gasteiger partial charge on any atom is 0.264 e. The van der Waals surface area contributed by atoms with Gasteiger partial charge in [-0.3, -0.25) is 4.31 Å². The molecule has 0 saturated carbocycles. The van der Waals surface area contributed by atoms with E-state index in [0.717, 1.165) is 5.56 Å². The number of hydrogen-bond acceptors (Lipinski definition) is 5. The van der Waals surface area contributed by atoms with Crippen molar-refractivity contribution in [3.63, 3.8) is 0 Å². The van der Waals surface area contributed by atoms with Crippen LogP contribution < -0.4 is 14.1 Å². The molecule has 8 heteroatoms. The van der Waals surface area contributed by atoms with Crippen LogP contribution in [0.1, 0.15) is 5.56 Å². The Hall–Kier alpha value is -2.25. The lowest BCUT2D eigenvalue weighted by molar-refractivity contribution is -0.307. The summed E-state index contributed by atoms with van der Waals surface area (Å²) in [5.74, 6) is -1.31. The van der Waals surface area contributed by atoms with E-state index in [1.807, 2.05) is 12.1 Å². The van der Waals surface area contributed by atoms with Gasteiger partial charge in [0, 0.05) is 6.54 Å². The normalized spacial score (nSPS) is 13.6. The van der Waals surface area contributed by atoms with Crippen LogP contribution in [0.15, 0.2) is 47.4 Å². The number of benzene rings is 2. The Balaban J connectivity index is 1.91. The van der Waals surface area contributed by atoms with Crippen LogP contribution in [0, 0.1) is 0 Å². The fourth-order valence-electron chi connectivity index (χ4n) is 2.58. The lowest BCUT2D eigenvalue weighted by Crippen LogP contribution is -2.29. The topological polar surface area (TPSA) is 86.7 Å². The Kier molecular flexibility index (Phi) is 4.38. The summed E-state index contributed by atoms with van der Waals surface area (Å²) in [6, 6.07) is 11.2. The number of para-hydroxylation sites is 1. The van der Waals surface area contributed by atoms with E-state index in [2.05, 4.69) is 0 Å². The molecule has 126 valence electrons. The van der Waals surface area contributed by atoms with E-state index in [1.54, 1.807) is 12.1 Å². The van der Waals surface area contributed by atoms with Gasteiger partial charge in [-0.05, 0) is 36.2 Å². The predicted octanol–water partition coefficient (Wildman–Crippen LogP) is 1.22. The van der Waals surface area contributed by atoms with Crippen molar-refractivity contribution < 1.29 is 23.1 Å². The number of nitrogens with zero attached hydrogens (tertiary/aromatic N) is 1. The number of rotatable bonds is 5. The van der Waals surface area contributed by atoms with Gasteiger partial charge in [0.1, 0.15) is 12.4 Å². The van der Waals surface area contributed by atoms with E-state index in [-0.39, 0.29) is 15.7 Å². The number of carbonyl (C=O) groups excluding carboxylic acids is 1. The van der Waals surface area contributed by atoms with Crippen LogP contribution in [-0.4, -0.2) is 27.5 Å². The number of ether oxygens (including phenoxy) is 1. The van der Waals surface area contributed by atoms with Crippen molar-refractivity contribution in [3.8, 4) is 5.75 Å². The summed E-state index contributed by atoms with van der Waals surface area (Å²) >= 11 is 6.00. The molecule has 1 aliphatic rings. The molecule has 6 nitrogen and oxygen atoms in total. The van der Waals surface area contributed by atoms with E-state index in [0.29, 0.717) is 18.7 Å². The summed E-state index contributed by atoms with van der Waals surface area (Å²) in [6.45, 7) is -0.298. The zero-order chi connectivity index (χ0) is 17.3. The molecule has 0 unspecified atom stereocenters. The zero-order valence-corrected chi connectivity index (χ0v) is 14.0. The number of aliphatic carboxylic acids is 1. The Bertz CT molecular complexity index is 897. The van der Waals surface area contributed by atoms with Gasteiger partial charge >= 0.3 is 0 Å². The molecule has 0 radical (unpaired) electrons. The molecule has 0 aliphatic carbocycles. The molecule has 2 aromatic rings. The van der Waals surface area contributed by atoms with Gasteiger partial charge < -0.3 is 14.6 Å². The van der Waals surface area contributed by atoms with Crippen molar-refractivity contribution in [2.45, 2.75) is 11.3 Å². The highest BCUT2D eigenvalue weighted by Crippen LogP contribution is 2.34. The number of halogens is 1. The van der Waals surface area contributed by atoms with E-state index in [9.17, 15) is 18.3 Å². The van der Waals surface area contributed by atoms with Crippen LogP contribution >= 0.6 is 11.6 Å². The van der Waals surface area contributed by atoms with Gasteiger partial charge in [-0.25, -0.2) is 8.42 Å². The summed E-state index contributed by atoms with van der Waals surface area (Å²) in [7, 11) is -3.76. The van der Waals surface area contributed by atoms with Crippen molar-refractivity contribution in [3.05, 3.63) is 53.1 Å². The second-order valence-corrected chi connectivity index (χ2v) is 7.48. The average molecular weight is 367 g/mol. The van der Waals surface area contributed by atoms with Gasteiger partial charge in [0.25, 0.3) is 10.0 Å². The number of carbonyl (C=O) groups is 1. The molecule has 0 atom stereocenters. The molecule has 2 aromatic carbocycles. The standard InChI is InChI=1S/C16H14ClNO5S/c17-13-9-12(5-6-15(13)23-10-16(19)20)24(21,22)18-8-7-11-3-1-2-4-14(11)18/h1-6,9H,7-8,10H2,(H,19,20)/p-1. The summed E-state index contributed by atoms with van der Waals surface area (Å²) in [6.07, 6.45) is 0.649. The number of carboxylic acids is 1. The van der Waals surface area contributed by atoms with Crippen LogP contribution in [0.4, 0.5) is 5.69 Å². The summed E-state index contributed by atoms with van der Waals surface area (Å²) in [5, 5.41) is 10.4. The van der Waals surface area contributed by atoms with Crippen LogP contribution in [0.25, 0.3) is 0 Å². The second kappa shape index (κ2) is 6.33. The van der Waals surface area contributed by atoms with Crippen molar-refractivity contribution >= 4 is 33.3 Å². The molecular formula is C16H13ClNO5S-. The SMILES string of the molecule is O=C([O-])COc1ccc(S(=O)(=O)N2CCc3ccccc32)cc1Cl. The molecule has 1 heterocycles. The van der Waals surface area contributed by atoms with Gasteiger partial charge in [0.2, 0.25) is 0 Å². The molecule has 0 aromatic heterocycles. The molecule has 0 bridgehead atoms. The zero-order valence-electron chi connectivity index (χ0n) is 12.4. The number of sulfonamides is 1.